The van der Waals surface area contributed by atoms with Crippen molar-refractivity contribution >= 4 is 29.3 Å². The lowest BCUT2D eigenvalue weighted by atomic mass is 10.0. The minimum atomic E-state index is -0.803. The summed E-state index contributed by atoms with van der Waals surface area (Å²) in [7, 11) is 1.64. The third-order valence-corrected chi connectivity index (χ3v) is 4.74. The van der Waals surface area contributed by atoms with Crippen LogP contribution < -0.4 is 0 Å². The molecular formula is C21H22N2O3S. The lowest BCUT2D eigenvalue weighted by Gasteiger charge is -2.16. The van der Waals surface area contributed by atoms with Crippen LogP contribution in [0.1, 0.15) is 36.5 Å². The number of likely N-dealkylation sites (N-methyl/N-ethyl adjacent to an activating group) is 1. The highest BCUT2D eigenvalue weighted by atomic mass is 32.1. The molecule has 0 aliphatic carbocycles. The van der Waals surface area contributed by atoms with Crippen LogP contribution in [0.25, 0.3) is 6.08 Å². The van der Waals surface area contributed by atoms with Crippen LogP contribution >= 0.6 is 11.3 Å². The summed E-state index contributed by atoms with van der Waals surface area (Å²) < 4.78 is 5.01. The van der Waals surface area contributed by atoms with Crippen LogP contribution in [-0.2, 0) is 20.9 Å². The number of hydrogen-bond acceptors (Lipinski definition) is 5. The number of benzene rings is 1. The van der Waals surface area contributed by atoms with Gasteiger partial charge in [0.25, 0.3) is 5.91 Å². The van der Waals surface area contributed by atoms with Crippen LogP contribution in [0.15, 0.2) is 46.7 Å². The monoisotopic (exact) mass is 382 g/mol. The van der Waals surface area contributed by atoms with Crippen molar-refractivity contribution in [3.63, 3.8) is 0 Å². The normalized spacial score (nSPS) is 11.1. The lowest BCUT2D eigenvalue weighted by molar-refractivity contribution is -0.148. The van der Waals surface area contributed by atoms with E-state index in [1.165, 1.54) is 16.5 Å². The highest BCUT2D eigenvalue weighted by molar-refractivity contribution is 7.07. The topological polar surface area (TPSA) is 70.4 Å². The third kappa shape index (κ3) is 6.08. The standard InChI is InChI=1S/C21H22N2O3S/c1-15(2)18-6-4-16(5-7-18)10-19(11-22)21(25)26-13-20(24)23(3)12-17-8-9-27-14-17/h4-10,14-15H,12-13H2,1-3H3/b19-10+. The van der Waals surface area contributed by atoms with Crippen LogP contribution in [-0.4, -0.2) is 30.4 Å². The largest absolute Gasteiger partial charge is 0.451 e. The summed E-state index contributed by atoms with van der Waals surface area (Å²) in [5, 5.41) is 13.1. The molecular weight excluding hydrogens is 360 g/mol. The Labute approximate surface area is 163 Å². The van der Waals surface area contributed by atoms with Gasteiger partial charge in [0.05, 0.1) is 0 Å². The first-order valence-corrected chi connectivity index (χ1v) is 9.49. The number of nitrogens with zero attached hydrogens (tertiary/aromatic N) is 2. The molecule has 0 fully saturated rings. The molecule has 0 radical (unpaired) electrons. The smallest absolute Gasteiger partial charge is 0.349 e. The Kier molecular flexibility index (Phi) is 7.33. The molecule has 0 bridgehead atoms. The Balaban J connectivity index is 1.94. The van der Waals surface area contributed by atoms with Gasteiger partial charge in [0.1, 0.15) is 11.6 Å². The van der Waals surface area contributed by atoms with E-state index in [-0.39, 0.29) is 11.5 Å². The highest BCUT2D eigenvalue weighted by Gasteiger charge is 2.16. The highest BCUT2D eigenvalue weighted by Crippen LogP contribution is 2.16. The van der Waals surface area contributed by atoms with E-state index >= 15 is 0 Å². The van der Waals surface area contributed by atoms with Crippen LogP contribution in [0.3, 0.4) is 0 Å². The van der Waals surface area contributed by atoms with Crippen LogP contribution in [0.5, 0.6) is 0 Å². The Hall–Kier alpha value is -2.91. The fourth-order valence-corrected chi connectivity index (χ4v) is 3.00. The second kappa shape index (κ2) is 9.70. The molecule has 0 saturated carbocycles. The quantitative estimate of drug-likeness (QED) is 0.413. The average Bonchev–Trinajstić information content (AvgIpc) is 3.17. The van der Waals surface area contributed by atoms with Crippen molar-refractivity contribution in [3.05, 3.63) is 63.4 Å². The fraction of sp³-hybridized carbons (Fsp3) is 0.286. The Morgan fingerprint density at radius 2 is 1.96 bits per heavy atom. The first kappa shape index (κ1) is 20.4. The maximum atomic E-state index is 12.1. The molecule has 2 aromatic rings. The number of amides is 1. The number of carbonyl (C=O) groups is 2. The first-order valence-electron chi connectivity index (χ1n) is 8.54. The molecule has 2 rings (SSSR count). The summed E-state index contributed by atoms with van der Waals surface area (Å²) in [6, 6.07) is 11.4. The van der Waals surface area contributed by atoms with Gasteiger partial charge in [-0.25, -0.2) is 4.79 Å². The maximum Gasteiger partial charge on any atom is 0.349 e. The number of rotatable bonds is 7. The molecule has 0 N–H and O–H groups in total. The Morgan fingerprint density at radius 3 is 2.52 bits per heavy atom. The summed E-state index contributed by atoms with van der Waals surface area (Å²) in [6.45, 7) is 4.23. The number of ether oxygens (including phenoxy) is 1. The summed E-state index contributed by atoms with van der Waals surface area (Å²) in [5.74, 6) is -0.726. The molecule has 0 aliphatic rings. The predicted octanol–water partition coefficient (Wildman–Crippen LogP) is 3.98. The van der Waals surface area contributed by atoms with E-state index in [2.05, 4.69) is 13.8 Å². The molecule has 0 saturated heterocycles. The first-order chi connectivity index (χ1) is 12.9. The molecule has 5 nitrogen and oxygen atoms in total. The van der Waals surface area contributed by atoms with Gasteiger partial charge in [-0.05, 0) is 45.5 Å². The van der Waals surface area contributed by atoms with Gasteiger partial charge in [0.2, 0.25) is 0 Å². The van der Waals surface area contributed by atoms with Gasteiger partial charge in [0, 0.05) is 13.6 Å². The SMILES string of the molecule is CC(C)c1ccc(/C=C(\C#N)C(=O)OCC(=O)N(C)Cc2ccsc2)cc1. The zero-order chi connectivity index (χ0) is 19.8. The number of carbonyl (C=O) groups excluding carboxylic acids is 2. The predicted molar refractivity (Wildman–Crippen MR) is 106 cm³/mol. The van der Waals surface area contributed by atoms with Crippen molar-refractivity contribution in [1.29, 1.82) is 5.26 Å². The molecule has 1 aromatic carbocycles. The van der Waals surface area contributed by atoms with E-state index in [1.54, 1.807) is 18.4 Å². The number of esters is 1. The van der Waals surface area contributed by atoms with E-state index in [9.17, 15) is 14.9 Å². The lowest BCUT2D eigenvalue weighted by Crippen LogP contribution is -2.30. The van der Waals surface area contributed by atoms with Gasteiger partial charge in [-0.1, -0.05) is 38.1 Å². The van der Waals surface area contributed by atoms with Gasteiger partial charge in [0.15, 0.2) is 6.61 Å². The zero-order valence-corrected chi connectivity index (χ0v) is 16.5. The minimum absolute atomic E-state index is 0.138. The molecule has 1 amide bonds. The molecule has 27 heavy (non-hydrogen) atoms. The molecule has 0 spiro atoms. The van der Waals surface area contributed by atoms with Crippen molar-refractivity contribution in [2.75, 3.05) is 13.7 Å². The average molecular weight is 382 g/mol. The zero-order valence-electron chi connectivity index (χ0n) is 15.6. The van der Waals surface area contributed by atoms with Gasteiger partial charge >= 0.3 is 5.97 Å². The maximum absolute atomic E-state index is 12.1. The second-order valence-corrected chi connectivity index (χ2v) is 7.23. The van der Waals surface area contributed by atoms with Crippen molar-refractivity contribution in [1.82, 2.24) is 4.90 Å². The van der Waals surface area contributed by atoms with Gasteiger partial charge in [-0.3, -0.25) is 4.79 Å². The van der Waals surface area contributed by atoms with Crippen molar-refractivity contribution in [3.8, 4) is 6.07 Å². The van der Waals surface area contributed by atoms with Crippen molar-refractivity contribution in [2.24, 2.45) is 0 Å². The van der Waals surface area contributed by atoms with E-state index in [1.807, 2.05) is 47.2 Å². The van der Waals surface area contributed by atoms with E-state index in [4.69, 9.17) is 4.74 Å². The second-order valence-electron chi connectivity index (χ2n) is 6.45. The molecule has 6 heteroatoms. The summed E-state index contributed by atoms with van der Waals surface area (Å²) in [6.07, 6.45) is 1.46. The Bertz CT molecular complexity index is 847. The van der Waals surface area contributed by atoms with E-state index in [0.29, 0.717) is 12.5 Å². The van der Waals surface area contributed by atoms with Crippen LogP contribution in [0.2, 0.25) is 0 Å². The summed E-state index contributed by atoms with van der Waals surface area (Å²) in [5.41, 5.74) is 2.78. The third-order valence-electron chi connectivity index (χ3n) is 4.01. The van der Waals surface area contributed by atoms with Crippen molar-refractivity contribution in [2.45, 2.75) is 26.3 Å². The summed E-state index contributed by atoms with van der Waals surface area (Å²) >= 11 is 1.55. The number of thiophene rings is 1. The van der Waals surface area contributed by atoms with Gasteiger partial charge in [-0.15, -0.1) is 0 Å². The number of nitriles is 1. The van der Waals surface area contributed by atoms with E-state index in [0.717, 1.165) is 11.1 Å². The number of hydrogen-bond donors (Lipinski definition) is 0. The molecule has 1 heterocycles. The van der Waals surface area contributed by atoms with Gasteiger partial charge < -0.3 is 9.64 Å². The van der Waals surface area contributed by atoms with E-state index < -0.39 is 12.6 Å². The van der Waals surface area contributed by atoms with Crippen LogP contribution in [0.4, 0.5) is 0 Å². The van der Waals surface area contributed by atoms with Crippen molar-refractivity contribution < 1.29 is 14.3 Å². The molecule has 0 aliphatic heterocycles. The van der Waals surface area contributed by atoms with Crippen LogP contribution in [0, 0.1) is 11.3 Å². The Morgan fingerprint density at radius 1 is 1.26 bits per heavy atom. The molecule has 0 unspecified atom stereocenters. The molecule has 140 valence electrons. The fourth-order valence-electron chi connectivity index (χ4n) is 2.34. The van der Waals surface area contributed by atoms with Gasteiger partial charge in [-0.2, -0.15) is 16.6 Å². The summed E-state index contributed by atoms with van der Waals surface area (Å²) in [4.78, 5) is 25.7. The molecule has 0 atom stereocenters. The minimum Gasteiger partial charge on any atom is -0.451 e. The molecule has 1 aromatic heterocycles.